The molecule has 1 aliphatic carbocycles. The third kappa shape index (κ3) is 2.74. The van der Waals surface area contributed by atoms with Gasteiger partial charge in [0.05, 0.1) is 14.3 Å². The smallest absolute Gasteiger partial charge is 0.205 e. The molecule has 0 N–H and O–H groups in total. The van der Waals surface area contributed by atoms with Gasteiger partial charge in [-0.25, -0.2) is 8.78 Å². The monoisotopic (exact) mass is 196 g/mol. The van der Waals surface area contributed by atoms with E-state index in [0.29, 0.717) is 19.3 Å². The highest BCUT2D eigenvalue weighted by molar-refractivity contribution is 6.14. The van der Waals surface area contributed by atoms with Crippen LogP contribution in [0.4, 0.5) is 8.78 Å². The van der Waals surface area contributed by atoms with E-state index in [0.717, 1.165) is 0 Å². The van der Waals surface area contributed by atoms with Crippen molar-refractivity contribution in [2.45, 2.75) is 50.8 Å². The lowest BCUT2D eigenvalue weighted by Crippen LogP contribution is -2.36. The largest absolute Gasteiger partial charge is 0.261 e. The van der Waals surface area contributed by atoms with Crippen molar-refractivity contribution in [3.05, 3.63) is 0 Å². The summed E-state index contributed by atoms with van der Waals surface area (Å²) in [6.45, 7) is 3.33. The summed E-state index contributed by atoms with van der Waals surface area (Å²) in [5.41, 5.74) is 0. The first-order valence-corrected chi connectivity index (χ1v) is 4.96. The van der Waals surface area contributed by atoms with Crippen LogP contribution >= 0.6 is 0 Å². The zero-order valence-electron chi connectivity index (χ0n) is 8.74. The minimum absolute atomic E-state index is 0.349. The molecule has 0 aromatic carbocycles. The van der Waals surface area contributed by atoms with Crippen LogP contribution < -0.4 is 0 Å². The zero-order chi connectivity index (χ0) is 10.8. The zero-order valence-corrected chi connectivity index (χ0v) is 8.74. The highest BCUT2D eigenvalue weighted by atomic mass is 19.3. The van der Waals surface area contributed by atoms with E-state index in [1.165, 1.54) is 0 Å². The average Bonchev–Trinajstić information content (AvgIpc) is 1.95. The highest BCUT2D eigenvalue weighted by Crippen LogP contribution is 2.46. The summed E-state index contributed by atoms with van der Waals surface area (Å²) in [4.78, 5) is 0. The van der Waals surface area contributed by atoms with Gasteiger partial charge < -0.3 is 0 Å². The van der Waals surface area contributed by atoms with E-state index in [-0.39, 0.29) is 6.42 Å². The molecule has 14 heavy (non-hydrogen) atoms. The molecule has 0 aromatic heterocycles. The molecule has 3 heteroatoms. The normalized spacial score (nSPS) is 27.0. The Morgan fingerprint density at radius 2 is 2.00 bits per heavy atom. The molecule has 0 nitrogen and oxygen atoms in total. The number of halogens is 2. The van der Waals surface area contributed by atoms with Gasteiger partial charge in [-0.3, -0.25) is 0 Å². The Kier molecular flexibility index (Phi) is 3.24. The molecule has 0 bridgehead atoms. The van der Waals surface area contributed by atoms with E-state index in [4.69, 9.17) is 7.85 Å². The van der Waals surface area contributed by atoms with Crippen LogP contribution in [0, 0.1) is 17.8 Å². The molecule has 0 heterocycles. The highest BCUT2D eigenvalue weighted by Gasteiger charge is 2.44. The molecule has 2 radical (unpaired) electrons. The Morgan fingerprint density at radius 3 is 2.57 bits per heavy atom. The van der Waals surface area contributed by atoms with Crippen molar-refractivity contribution in [2.24, 2.45) is 5.92 Å². The number of hydrogen-bond donors (Lipinski definition) is 0. The Labute approximate surface area is 85.9 Å². The molecule has 1 unspecified atom stereocenters. The molecular weight excluding hydrogens is 181 g/mol. The Bertz CT molecular complexity index is 255. The third-order valence-electron chi connectivity index (χ3n) is 2.65. The van der Waals surface area contributed by atoms with Crippen LogP contribution in [0.15, 0.2) is 0 Å². The quantitative estimate of drug-likeness (QED) is 0.446. The number of hydrogen-bond acceptors (Lipinski definition) is 0. The molecule has 0 spiro atoms. The minimum atomic E-state index is -2.74. The van der Waals surface area contributed by atoms with Gasteiger partial charge in [0.25, 0.3) is 5.92 Å². The third-order valence-corrected chi connectivity index (χ3v) is 2.65. The Balaban J connectivity index is 2.87. The first-order chi connectivity index (χ1) is 6.34. The molecule has 0 fully saturated rings. The van der Waals surface area contributed by atoms with Gasteiger partial charge in [0.1, 0.15) is 0 Å². The molecule has 0 saturated carbocycles. The fraction of sp³-hybridized carbons (Fsp3) is 0.818. The second-order valence-corrected chi connectivity index (χ2v) is 4.56. The fourth-order valence-electron chi connectivity index (χ4n) is 1.91. The maximum atomic E-state index is 13.6. The molecular formula is C11H15BF2. The minimum Gasteiger partial charge on any atom is -0.205 e. The lowest BCUT2D eigenvalue weighted by Gasteiger charge is -2.37. The first kappa shape index (κ1) is 11.6. The molecule has 0 aromatic rings. The molecule has 1 aliphatic rings. The van der Waals surface area contributed by atoms with Crippen LogP contribution in [0.5, 0.6) is 0 Å². The van der Waals surface area contributed by atoms with E-state index in [2.05, 4.69) is 11.8 Å². The van der Waals surface area contributed by atoms with Crippen LogP contribution in [0.1, 0.15) is 39.5 Å². The van der Waals surface area contributed by atoms with Crippen LogP contribution in [-0.4, -0.2) is 13.8 Å². The van der Waals surface area contributed by atoms with Crippen molar-refractivity contribution in [1.29, 1.82) is 0 Å². The van der Waals surface area contributed by atoms with E-state index in [9.17, 15) is 8.78 Å². The van der Waals surface area contributed by atoms with E-state index in [1.807, 2.05) is 0 Å². The van der Waals surface area contributed by atoms with Crippen LogP contribution in [0.2, 0.25) is 5.31 Å². The van der Waals surface area contributed by atoms with Gasteiger partial charge in [0, 0.05) is 12.3 Å². The molecule has 76 valence electrons. The molecule has 0 aliphatic heterocycles. The molecule has 0 amide bonds. The maximum Gasteiger partial charge on any atom is 0.261 e. The summed E-state index contributed by atoms with van der Waals surface area (Å²) < 4.78 is 27.2. The summed E-state index contributed by atoms with van der Waals surface area (Å²) >= 11 is 0. The second kappa shape index (κ2) is 3.92. The van der Waals surface area contributed by atoms with Gasteiger partial charge in [-0.05, 0) is 12.8 Å². The predicted octanol–water partition coefficient (Wildman–Crippen LogP) is 3.18. The molecule has 1 rings (SSSR count). The van der Waals surface area contributed by atoms with E-state index >= 15 is 0 Å². The van der Waals surface area contributed by atoms with Crippen LogP contribution in [0.25, 0.3) is 0 Å². The lowest BCUT2D eigenvalue weighted by atomic mass is 9.59. The fourth-order valence-corrected chi connectivity index (χ4v) is 1.91. The summed E-state index contributed by atoms with van der Waals surface area (Å²) in [6, 6.07) is 0. The van der Waals surface area contributed by atoms with E-state index < -0.39 is 17.2 Å². The van der Waals surface area contributed by atoms with Gasteiger partial charge in [-0.2, -0.15) is 0 Å². The summed E-state index contributed by atoms with van der Waals surface area (Å²) in [7, 11) is 5.78. The van der Waals surface area contributed by atoms with Gasteiger partial charge in [0.15, 0.2) is 0 Å². The Morgan fingerprint density at radius 1 is 1.36 bits per heavy atom. The molecule has 0 saturated heterocycles. The number of rotatable bonds is 1. The predicted molar refractivity (Wildman–Crippen MR) is 54.5 cm³/mol. The van der Waals surface area contributed by atoms with E-state index in [1.54, 1.807) is 13.8 Å². The van der Waals surface area contributed by atoms with Crippen molar-refractivity contribution in [3.63, 3.8) is 0 Å². The summed E-state index contributed by atoms with van der Waals surface area (Å²) in [5.74, 6) is 1.76. The summed E-state index contributed by atoms with van der Waals surface area (Å²) in [5, 5.41) is -0.831. The van der Waals surface area contributed by atoms with Crippen molar-refractivity contribution in [1.82, 2.24) is 0 Å². The van der Waals surface area contributed by atoms with Crippen molar-refractivity contribution in [2.75, 3.05) is 0 Å². The maximum absolute atomic E-state index is 13.6. The van der Waals surface area contributed by atoms with Gasteiger partial charge in [-0.15, -0.1) is 5.92 Å². The topological polar surface area (TPSA) is 0 Å². The van der Waals surface area contributed by atoms with Gasteiger partial charge >= 0.3 is 0 Å². The van der Waals surface area contributed by atoms with Crippen molar-refractivity contribution in [3.8, 4) is 11.8 Å². The number of alkyl halides is 2. The standard InChI is InChI=1S/C11H15BF2/c1-10(2,12)9-7-5-3-4-6-8-11(9,13)14/h9H,3,5,7-8H2,1-2H3. The van der Waals surface area contributed by atoms with Gasteiger partial charge in [-0.1, -0.05) is 25.1 Å². The van der Waals surface area contributed by atoms with Crippen LogP contribution in [-0.2, 0) is 0 Å². The first-order valence-electron chi connectivity index (χ1n) is 4.96. The Hall–Kier alpha value is -0.515. The van der Waals surface area contributed by atoms with Crippen molar-refractivity contribution < 1.29 is 8.78 Å². The molecule has 1 atom stereocenters. The second-order valence-electron chi connectivity index (χ2n) is 4.56. The van der Waals surface area contributed by atoms with Crippen molar-refractivity contribution >= 4 is 7.85 Å². The summed E-state index contributed by atoms with van der Waals surface area (Å²) in [6.07, 6.45) is 1.54. The van der Waals surface area contributed by atoms with Crippen LogP contribution in [0.3, 0.4) is 0 Å². The SMILES string of the molecule is [B]C(C)(C)C1CCCC#CCC1(F)F. The lowest BCUT2D eigenvalue weighted by molar-refractivity contribution is -0.0707. The average molecular weight is 196 g/mol. The van der Waals surface area contributed by atoms with Gasteiger partial charge in [0.2, 0.25) is 0 Å².